The molecule has 2 fully saturated rings. The summed E-state index contributed by atoms with van der Waals surface area (Å²) >= 11 is 13.8. The predicted octanol–water partition coefficient (Wildman–Crippen LogP) is 10.5. The quantitative estimate of drug-likeness (QED) is 0.0730. The number of carbonyl (C=O) groups is 2. The summed E-state index contributed by atoms with van der Waals surface area (Å²) in [7, 11) is 0. The van der Waals surface area contributed by atoms with Crippen LogP contribution in [0, 0.1) is 36.5 Å². The maximum atomic E-state index is 12.6. The van der Waals surface area contributed by atoms with Crippen LogP contribution in [0.5, 0.6) is 23.0 Å². The highest BCUT2D eigenvalue weighted by Crippen LogP contribution is 2.38. The molecule has 2 aliphatic heterocycles. The van der Waals surface area contributed by atoms with Gasteiger partial charge in [0.2, 0.25) is 0 Å². The lowest BCUT2D eigenvalue weighted by atomic mass is 9.92. The molecule has 14 nitrogen and oxygen atoms in total. The third kappa shape index (κ3) is 12.4. The van der Waals surface area contributed by atoms with Crippen LogP contribution in [0.1, 0.15) is 96.2 Å². The average molecular weight is 1010 g/mol. The van der Waals surface area contributed by atoms with Crippen molar-refractivity contribution in [2.75, 3.05) is 0 Å². The van der Waals surface area contributed by atoms with E-state index in [2.05, 4.69) is 58.7 Å². The number of rotatable bonds is 19. The van der Waals surface area contributed by atoms with Crippen molar-refractivity contribution in [1.82, 2.24) is 20.6 Å². The molecule has 72 heavy (non-hydrogen) atoms. The lowest BCUT2D eigenvalue weighted by molar-refractivity contribution is -0.148. The molecule has 0 saturated carbocycles. The Labute approximate surface area is 429 Å². The molecule has 6 aromatic rings. The number of nitriles is 2. The van der Waals surface area contributed by atoms with Gasteiger partial charge in [0.05, 0.1) is 21.2 Å². The monoisotopic (exact) mass is 1010 g/mol. The summed E-state index contributed by atoms with van der Waals surface area (Å²) in [6, 6.07) is 25.9. The Hall–Kier alpha value is -7.20. The number of benzene rings is 4. The second-order valence-electron chi connectivity index (χ2n) is 19.1. The zero-order valence-electron chi connectivity index (χ0n) is 40.9. The summed E-state index contributed by atoms with van der Waals surface area (Å²) in [5.41, 5.74) is 8.48. The summed E-state index contributed by atoms with van der Waals surface area (Å²) in [6.07, 6.45) is 7.29. The Balaban J connectivity index is 0.985. The highest BCUT2D eigenvalue weighted by Gasteiger charge is 2.41. The molecule has 4 heterocycles. The van der Waals surface area contributed by atoms with E-state index >= 15 is 0 Å². The molecular formula is C56H54Cl2N6O8. The SMILES string of the molecule is Cc1c(COc2cc(OCc3cncc(C#N)c3)c(CNC3CC(C)(C)OC3=O)cc2Cl)cccc1-c1cccc(COc2cc(OCc3cncc(C#N)c3)c(CNC3CC(C)(C)OC3=O)cc2Cl)c1C. The van der Waals surface area contributed by atoms with E-state index in [1.807, 2.05) is 52.0 Å². The van der Waals surface area contributed by atoms with Crippen LogP contribution in [0.3, 0.4) is 0 Å². The van der Waals surface area contributed by atoms with Gasteiger partial charge >= 0.3 is 11.9 Å². The molecule has 2 atom stereocenters. The van der Waals surface area contributed by atoms with Gasteiger partial charge in [0, 0.05) is 85.1 Å². The van der Waals surface area contributed by atoms with Crippen molar-refractivity contribution in [2.45, 2.75) is 117 Å². The van der Waals surface area contributed by atoms with Crippen molar-refractivity contribution in [3.8, 4) is 46.3 Å². The van der Waals surface area contributed by atoms with Crippen molar-refractivity contribution < 1.29 is 38.0 Å². The molecule has 4 aromatic carbocycles. The van der Waals surface area contributed by atoms with Gasteiger partial charge in [-0.2, -0.15) is 10.5 Å². The van der Waals surface area contributed by atoms with Crippen LogP contribution in [0.25, 0.3) is 11.1 Å². The minimum atomic E-state index is -0.570. The Morgan fingerprint density at radius 2 is 0.986 bits per heavy atom. The van der Waals surface area contributed by atoms with Crippen LogP contribution in [0.4, 0.5) is 0 Å². The fourth-order valence-electron chi connectivity index (χ4n) is 8.77. The molecule has 8 rings (SSSR count). The summed E-state index contributed by atoms with van der Waals surface area (Å²) in [4.78, 5) is 33.5. The highest BCUT2D eigenvalue weighted by molar-refractivity contribution is 6.32. The van der Waals surface area contributed by atoms with Crippen LogP contribution >= 0.6 is 23.2 Å². The van der Waals surface area contributed by atoms with Gasteiger partial charge in [0.1, 0.15) is 84.8 Å². The Bertz CT molecular complexity index is 2900. The van der Waals surface area contributed by atoms with Crippen LogP contribution in [-0.2, 0) is 58.6 Å². The fourth-order valence-corrected chi connectivity index (χ4v) is 9.25. The first-order chi connectivity index (χ1) is 34.5. The maximum Gasteiger partial charge on any atom is 0.323 e. The zero-order chi connectivity index (χ0) is 51.2. The normalized spacial score (nSPS) is 16.6. The van der Waals surface area contributed by atoms with Gasteiger partial charge in [-0.15, -0.1) is 0 Å². The van der Waals surface area contributed by atoms with Crippen LogP contribution < -0.4 is 29.6 Å². The number of nitrogens with zero attached hydrogens (tertiary/aromatic N) is 4. The first-order valence-corrected chi connectivity index (χ1v) is 24.2. The number of carbonyl (C=O) groups excluding carboxylic acids is 2. The van der Waals surface area contributed by atoms with E-state index in [-0.39, 0.29) is 51.5 Å². The minimum Gasteiger partial charge on any atom is -0.488 e. The van der Waals surface area contributed by atoms with Gasteiger partial charge in [0.25, 0.3) is 0 Å². The van der Waals surface area contributed by atoms with Crippen molar-refractivity contribution in [3.63, 3.8) is 0 Å². The largest absolute Gasteiger partial charge is 0.488 e. The van der Waals surface area contributed by atoms with Crippen molar-refractivity contribution in [2.24, 2.45) is 0 Å². The maximum absolute atomic E-state index is 12.6. The van der Waals surface area contributed by atoms with Crippen molar-refractivity contribution in [1.29, 1.82) is 10.5 Å². The molecule has 2 unspecified atom stereocenters. The molecule has 16 heteroatoms. The van der Waals surface area contributed by atoms with E-state index in [1.54, 1.807) is 48.8 Å². The Kier molecular flexibility index (Phi) is 15.7. The van der Waals surface area contributed by atoms with E-state index in [4.69, 9.17) is 51.6 Å². The molecule has 0 aliphatic carbocycles. The molecular weight excluding hydrogens is 956 g/mol. The van der Waals surface area contributed by atoms with Gasteiger partial charge in [-0.3, -0.25) is 19.6 Å². The molecule has 2 aliphatic rings. The second-order valence-corrected chi connectivity index (χ2v) is 20.0. The number of hydrogen-bond acceptors (Lipinski definition) is 14. The third-order valence-corrected chi connectivity index (χ3v) is 13.2. The van der Waals surface area contributed by atoms with Gasteiger partial charge < -0.3 is 39.1 Å². The van der Waals surface area contributed by atoms with Gasteiger partial charge in [-0.1, -0.05) is 59.6 Å². The lowest BCUT2D eigenvalue weighted by Gasteiger charge is -2.19. The molecule has 2 aromatic heterocycles. The molecule has 2 N–H and O–H groups in total. The summed E-state index contributed by atoms with van der Waals surface area (Å²) < 4.78 is 36.6. The number of pyridine rings is 2. The van der Waals surface area contributed by atoms with E-state index < -0.39 is 23.3 Å². The van der Waals surface area contributed by atoms with Crippen LogP contribution in [-0.4, -0.2) is 45.2 Å². The van der Waals surface area contributed by atoms with E-state index in [9.17, 15) is 20.1 Å². The van der Waals surface area contributed by atoms with Crippen LogP contribution in [0.15, 0.2) is 97.6 Å². The Morgan fingerprint density at radius 3 is 1.36 bits per heavy atom. The molecule has 0 radical (unpaired) electrons. The number of esters is 2. The average Bonchev–Trinajstić information content (AvgIpc) is 3.79. The minimum absolute atomic E-state index is 0.129. The van der Waals surface area contributed by atoms with Crippen molar-refractivity contribution in [3.05, 3.63) is 163 Å². The van der Waals surface area contributed by atoms with Crippen molar-refractivity contribution >= 4 is 35.1 Å². The van der Waals surface area contributed by atoms with Gasteiger partial charge in [0.15, 0.2) is 0 Å². The van der Waals surface area contributed by atoms with Gasteiger partial charge in [-0.05, 0) is 99.2 Å². The molecule has 0 spiro atoms. The molecule has 0 bridgehead atoms. The summed E-state index contributed by atoms with van der Waals surface area (Å²) in [6.45, 7) is 12.8. The van der Waals surface area contributed by atoms with E-state index in [1.165, 1.54) is 12.4 Å². The Morgan fingerprint density at radius 1 is 0.583 bits per heavy atom. The van der Waals surface area contributed by atoms with Crippen LogP contribution in [0.2, 0.25) is 10.0 Å². The second kappa shape index (κ2) is 22.1. The van der Waals surface area contributed by atoms with Gasteiger partial charge in [-0.25, -0.2) is 0 Å². The molecule has 0 amide bonds. The molecule has 370 valence electrons. The topological polar surface area (TPSA) is 187 Å². The third-order valence-electron chi connectivity index (χ3n) is 12.6. The zero-order valence-corrected chi connectivity index (χ0v) is 42.4. The standard InChI is InChI=1S/C56H54Cl2N6O8/c1-33-39(31-69-51-17-49(67-29-37-13-35(21-59)23-61-25-37)41(15-45(51)57)27-63-47-19-55(3,4)71-53(47)65)9-7-11-43(33)44-12-8-10-40(34(44)2)32-70-52-18-50(68-30-38-14-36(22-60)24-62-26-38)42(16-46(52)58)28-64-48-20-56(5,6)72-54(48)66/h7-18,23-26,47-48,63-64H,19-20,27-32H2,1-6H3. The fraction of sp³-hybridized carbons (Fsp3) is 0.321. The number of nitrogens with one attached hydrogen (secondary N) is 2. The number of halogens is 2. The number of cyclic esters (lactones) is 2. The number of hydrogen-bond donors (Lipinski definition) is 2. The molecule has 2 saturated heterocycles. The summed E-state index contributed by atoms with van der Waals surface area (Å²) in [5.74, 6) is 1.17. The van der Waals surface area contributed by atoms with E-state index in [0.29, 0.717) is 79.3 Å². The predicted molar refractivity (Wildman–Crippen MR) is 270 cm³/mol. The first-order valence-electron chi connectivity index (χ1n) is 23.4. The smallest absolute Gasteiger partial charge is 0.323 e. The highest BCUT2D eigenvalue weighted by atomic mass is 35.5. The number of ether oxygens (including phenoxy) is 6. The van der Waals surface area contributed by atoms with E-state index in [0.717, 1.165) is 33.4 Å². The number of aromatic nitrogens is 2. The summed E-state index contributed by atoms with van der Waals surface area (Å²) in [5, 5.41) is 26.2. The first kappa shape index (κ1) is 51.2. The lowest BCUT2D eigenvalue weighted by Crippen LogP contribution is -2.33.